The SMILES string of the molecule is C[C@H](O)c1ccc(CO[Si](C)(C)C(C)(C)C)cc1OC(F)F. The number of aliphatic hydroxyl groups is 1. The Hall–Kier alpha value is -0.983. The Bertz CT molecular complexity index is 497. The molecule has 0 aromatic heterocycles. The van der Waals surface area contributed by atoms with Crippen LogP contribution in [-0.4, -0.2) is 20.0 Å². The first kappa shape index (κ1) is 19.1. The quantitative estimate of drug-likeness (QED) is 0.756. The van der Waals surface area contributed by atoms with Crippen molar-refractivity contribution in [1.82, 2.24) is 0 Å². The highest BCUT2D eigenvalue weighted by molar-refractivity contribution is 6.74. The molecule has 1 atom stereocenters. The van der Waals surface area contributed by atoms with Crippen LogP contribution >= 0.6 is 0 Å². The molecule has 0 radical (unpaired) electrons. The third kappa shape index (κ3) is 5.03. The lowest BCUT2D eigenvalue weighted by molar-refractivity contribution is -0.0514. The minimum absolute atomic E-state index is 0.00123. The van der Waals surface area contributed by atoms with Crippen LogP contribution in [0.3, 0.4) is 0 Å². The van der Waals surface area contributed by atoms with Crippen LogP contribution < -0.4 is 4.74 Å². The normalized spacial score (nSPS) is 14.3. The smallest absolute Gasteiger partial charge is 0.387 e. The topological polar surface area (TPSA) is 38.7 Å². The Kier molecular flexibility index (Phi) is 6.12. The van der Waals surface area contributed by atoms with Gasteiger partial charge in [-0.1, -0.05) is 32.9 Å². The van der Waals surface area contributed by atoms with Crippen LogP contribution in [0, 0.1) is 0 Å². The van der Waals surface area contributed by atoms with Gasteiger partial charge < -0.3 is 14.3 Å². The van der Waals surface area contributed by atoms with E-state index in [0.717, 1.165) is 5.56 Å². The molecule has 0 fully saturated rings. The first-order valence-corrected chi connectivity index (χ1v) is 10.2. The zero-order valence-corrected chi connectivity index (χ0v) is 15.1. The maximum Gasteiger partial charge on any atom is 0.387 e. The number of rotatable bonds is 6. The highest BCUT2D eigenvalue weighted by Gasteiger charge is 2.37. The minimum Gasteiger partial charge on any atom is -0.434 e. The first-order chi connectivity index (χ1) is 9.94. The standard InChI is InChI=1S/C16H26F2O3Si/c1-11(19)13-8-7-12(9-14(13)21-15(17)18)10-20-22(5,6)16(2,3)4/h7-9,11,15,19H,10H2,1-6H3/t11-/m0/s1. The van der Waals surface area contributed by atoms with Gasteiger partial charge in [0.05, 0.1) is 12.7 Å². The van der Waals surface area contributed by atoms with Crippen LogP contribution in [0.4, 0.5) is 8.78 Å². The van der Waals surface area contributed by atoms with Gasteiger partial charge in [-0.25, -0.2) is 0 Å². The van der Waals surface area contributed by atoms with Gasteiger partial charge in [-0.3, -0.25) is 0 Å². The predicted molar refractivity (Wildman–Crippen MR) is 85.7 cm³/mol. The fourth-order valence-electron chi connectivity index (χ4n) is 1.69. The summed E-state index contributed by atoms with van der Waals surface area (Å²) in [7, 11) is -1.91. The summed E-state index contributed by atoms with van der Waals surface area (Å²) in [5, 5.41) is 9.70. The second-order valence-corrected chi connectivity index (χ2v) is 11.8. The minimum atomic E-state index is -2.92. The van der Waals surface area contributed by atoms with Crippen molar-refractivity contribution >= 4 is 8.32 Å². The molecule has 3 nitrogen and oxygen atoms in total. The Morgan fingerprint density at radius 1 is 1.23 bits per heavy atom. The van der Waals surface area contributed by atoms with Crippen LogP contribution in [0.5, 0.6) is 5.75 Å². The van der Waals surface area contributed by atoms with Gasteiger partial charge in [-0.2, -0.15) is 8.78 Å². The van der Waals surface area contributed by atoms with E-state index in [1.807, 2.05) is 0 Å². The van der Waals surface area contributed by atoms with E-state index in [9.17, 15) is 13.9 Å². The number of hydrogen-bond acceptors (Lipinski definition) is 3. The van der Waals surface area contributed by atoms with E-state index in [1.54, 1.807) is 12.1 Å². The molecule has 0 unspecified atom stereocenters. The van der Waals surface area contributed by atoms with Gasteiger partial charge >= 0.3 is 6.61 Å². The van der Waals surface area contributed by atoms with Crippen LogP contribution in [0.2, 0.25) is 18.1 Å². The average Bonchev–Trinajstić information content (AvgIpc) is 2.34. The van der Waals surface area contributed by atoms with Gasteiger partial charge in [-0.15, -0.1) is 0 Å². The largest absolute Gasteiger partial charge is 0.434 e. The van der Waals surface area contributed by atoms with Crippen molar-refractivity contribution in [1.29, 1.82) is 0 Å². The molecule has 0 saturated heterocycles. The maximum atomic E-state index is 12.5. The summed E-state index contributed by atoms with van der Waals surface area (Å²) in [4.78, 5) is 0. The molecule has 22 heavy (non-hydrogen) atoms. The van der Waals surface area contributed by atoms with Crippen molar-refractivity contribution in [2.45, 2.75) is 65.1 Å². The molecule has 1 aromatic rings. The van der Waals surface area contributed by atoms with Crippen molar-refractivity contribution in [2.75, 3.05) is 0 Å². The highest BCUT2D eigenvalue weighted by atomic mass is 28.4. The van der Waals surface area contributed by atoms with Crippen LogP contribution in [-0.2, 0) is 11.0 Å². The van der Waals surface area contributed by atoms with E-state index >= 15 is 0 Å². The van der Waals surface area contributed by atoms with Crippen molar-refractivity contribution in [3.63, 3.8) is 0 Å². The molecule has 0 aliphatic rings. The monoisotopic (exact) mass is 332 g/mol. The summed E-state index contributed by atoms with van der Waals surface area (Å²) >= 11 is 0. The Morgan fingerprint density at radius 3 is 2.27 bits per heavy atom. The summed E-state index contributed by atoms with van der Waals surface area (Å²) < 4.78 is 35.6. The molecule has 0 aliphatic heterocycles. The van der Waals surface area contributed by atoms with Crippen molar-refractivity contribution in [3.8, 4) is 5.75 Å². The van der Waals surface area contributed by atoms with E-state index in [1.165, 1.54) is 13.0 Å². The molecule has 1 rings (SSSR count). The molecular weight excluding hydrogens is 306 g/mol. The van der Waals surface area contributed by atoms with Gasteiger partial charge in [0, 0.05) is 5.56 Å². The van der Waals surface area contributed by atoms with E-state index in [4.69, 9.17) is 4.43 Å². The molecule has 6 heteroatoms. The van der Waals surface area contributed by atoms with Gasteiger partial charge in [0.15, 0.2) is 8.32 Å². The number of aliphatic hydroxyl groups excluding tert-OH is 1. The molecular formula is C16H26F2O3Si. The zero-order chi connectivity index (χ0) is 17.1. The van der Waals surface area contributed by atoms with E-state index in [-0.39, 0.29) is 10.8 Å². The molecule has 126 valence electrons. The van der Waals surface area contributed by atoms with Gasteiger partial charge in [0.2, 0.25) is 0 Å². The molecule has 0 amide bonds. The van der Waals surface area contributed by atoms with Crippen molar-refractivity contribution in [3.05, 3.63) is 29.3 Å². The molecule has 1 aromatic carbocycles. The fraction of sp³-hybridized carbons (Fsp3) is 0.625. The van der Waals surface area contributed by atoms with Gasteiger partial charge in [-0.05, 0) is 36.7 Å². The lowest BCUT2D eigenvalue weighted by atomic mass is 10.1. The van der Waals surface area contributed by atoms with Gasteiger partial charge in [0.1, 0.15) is 5.75 Å². The maximum absolute atomic E-state index is 12.5. The number of halogens is 2. The molecule has 0 bridgehead atoms. The summed E-state index contributed by atoms with van der Waals surface area (Å²) in [6.07, 6.45) is -0.871. The molecule has 0 heterocycles. The zero-order valence-electron chi connectivity index (χ0n) is 14.1. The number of alkyl halides is 2. The highest BCUT2D eigenvalue weighted by Crippen LogP contribution is 2.37. The second-order valence-electron chi connectivity index (χ2n) is 6.98. The second kappa shape index (κ2) is 7.06. The van der Waals surface area contributed by atoms with Crippen LogP contribution in [0.1, 0.15) is 44.9 Å². The molecule has 0 spiro atoms. The fourth-order valence-corrected chi connectivity index (χ4v) is 2.65. The Morgan fingerprint density at radius 2 is 1.82 bits per heavy atom. The molecule has 1 N–H and O–H groups in total. The summed E-state index contributed by atoms with van der Waals surface area (Å²) in [6, 6.07) is 4.89. The van der Waals surface area contributed by atoms with E-state index < -0.39 is 21.0 Å². The lowest BCUT2D eigenvalue weighted by Gasteiger charge is -2.36. The van der Waals surface area contributed by atoms with E-state index in [2.05, 4.69) is 38.6 Å². The first-order valence-electron chi connectivity index (χ1n) is 7.33. The average molecular weight is 332 g/mol. The number of benzene rings is 1. The summed E-state index contributed by atoms with van der Waals surface area (Å²) in [5.41, 5.74) is 1.10. The van der Waals surface area contributed by atoms with Crippen LogP contribution in [0.25, 0.3) is 0 Å². The van der Waals surface area contributed by atoms with Crippen molar-refractivity contribution < 1.29 is 23.1 Å². The predicted octanol–water partition coefficient (Wildman–Crippen LogP) is 4.86. The Labute approximate surface area is 132 Å². The van der Waals surface area contributed by atoms with Gasteiger partial charge in [0.25, 0.3) is 0 Å². The number of hydrogen-bond donors (Lipinski definition) is 1. The van der Waals surface area contributed by atoms with E-state index in [0.29, 0.717) is 12.2 Å². The lowest BCUT2D eigenvalue weighted by Crippen LogP contribution is -2.40. The molecule has 0 saturated carbocycles. The Balaban J connectivity index is 2.93. The van der Waals surface area contributed by atoms with Crippen LogP contribution in [0.15, 0.2) is 18.2 Å². The number of ether oxygens (including phenoxy) is 1. The summed E-state index contributed by atoms with van der Waals surface area (Å²) in [6.45, 7) is 9.62. The third-order valence-electron chi connectivity index (χ3n) is 4.15. The molecule has 0 aliphatic carbocycles. The third-order valence-corrected chi connectivity index (χ3v) is 8.63. The summed E-state index contributed by atoms with van der Waals surface area (Å²) in [5.74, 6) is 0.00123. The van der Waals surface area contributed by atoms with Crippen molar-refractivity contribution in [2.24, 2.45) is 0 Å².